The molecule has 2 aliphatic carbocycles. The maximum Gasteiger partial charge on any atom is 0.254 e. The zero-order valence-electron chi connectivity index (χ0n) is 17.8. The van der Waals surface area contributed by atoms with E-state index in [0.717, 1.165) is 61.1 Å². The number of amides is 1. The Morgan fingerprint density at radius 1 is 1.19 bits per heavy atom. The number of carbonyl (C=O) groups is 1. The minimum absolute atomic E-state index is 0.0274. The van der Waals surface area contributed by atoms with Crippen molar-refractivity contribution in [2.45, 2.75) is 63.8 Å². The Kier molecular flexibility index (Phi) is 8.45. The quantitative estimate of drug-likeness (QED) is 0.279. The standard InChI is InChI=1S/C24H25I2N3O2S/c25-18-12-15(13-19(26)22(18)31-11-10-27)14-28-24-21(17-8-4-5-9-20(17)32-24)23(30)29-16-6-2-1-3-7-16/h12-14,16H,1-9,11H2,(H,29,30). The number of thiophene rings is 1. The van der Waals surface area contributed by atoms with Crippen LogP contribution in [0.1, 0.15) is 71.3 Å². The lowest BCUT2D eigenvalue weighted by molar-refractivity contribution is 0.0927. The number of nitrogens with one attached hydrogen (secondary N) is 1. The van der Waals surface area contributed by atoms with E-state index in [0.29, 0.717) is 0 Å². The first-order chi connectivity index (χ1) is 15.6. The van der Waals surface area contributed by atoms with E-state index in [4.69, 9.17) is 15.0 Å². The van der Waals surface area contributed by atoms with Gasteiger partial charge >= 0.3 is 0 Å². The Bertz CT molecular complexity index is 1040. The summed E-state index contributed by atoms with van der Waals surface area (Å²) in [4.78, 5) is 19.4. The molecule has 0 saturated heterocycles. The minimum Gasteiger partial charge on any atom is -0.477 e. The molecule has 4 rings (SSSR count). The predicted molar refractivity (Wildman–Crippen MR) is 146 cm³/mol. The van der Waals surface area contributed by atoms with E-state index in [2.05, 4.69) is 50.5 Å². The van der Waals surface area contributed by atoms with Crippen molar-refractivity contribution in [1.29, 1.82) is 5.26 Å². The molecule has 2 aromatic rings. The predicted octanol–water partition coefficient (Wildman–Crippen LogP) is 6.55. The largest absolute Gasteiger partial charge is 0.477 e. The van der Waals surface area contributed by atoms with Gasteiger partial charge in [-0.3, -0.25) is 4.79 Å². The molecule has 1 N–H and O–H groups in total. The molecule has 0 aliphatic heterocycles. The van der Waals surface area contributed by atoms with Crippen molar-refractivity contribution in [2.24, 2.45) is 4.99 Å². The van der Waals surface area contributed by atoms with E-state index in [-0.39, 0.29) is 18.6 Å². The summed E-state index contributed by atoms with van der Waals surface area (Å²) >= 11 is 6.11. The third kappa shape index (κ3) is 5.65. The summed E-state index contributed by atoms with van der Waals surface area (Å²) in [6.45, 7) is 0.0274. The van der Waals surface area contributed by atoms with Gasteiger partial charge in [-0.05, 0) is 107 Å². The molecule has 8 heteroatoms. The van der Waals surface area contributed by atoms with Crippen molar-refractivity contribution in [3.8, 4) is 11.8 Å². The van der Waals surface area contributed by atoms with E-state index in [9.17, 15) is 4.79 Å². The highest BCUT2D eigenvalue weighted by Gasteiger charge is 2.27. The summed E-state index contributed by atoms with van der Waals surface area (Å²) in [5.41, 5.74) is 2.96. The Hall–Kier alpha value is -1.19. The van der Waals surface area contributed by atoms with E-state index in [1.165, 1.54) is 36.1 Å². The summed E-state index contributed by atoms with van der Waals surface area (Å²) in [6.07, 6.45) is 12.0. The van der Waals surface area contributed by atoms with Gasteiger partial charge in [-0.1, -0.05) is 19.3 Å². The van der Waals surface area contributed by atoms with Gasteiger partial charge in [0.2, 0.25) is 0 Å². The molecular weight excluding hydrogens is 648 g/mol. The van der Waals surface area contributed by atoms with Crippen LogP contribution in [-0.4, -0.2) is 24.8 Å². The molecule has 1 fully saturated rings. The molecule has 0 unspecified atom stereocenters. The van der Waals surface area contributed by atoms with Crippen LogP contribution in [0.2, 0.25) is 0 Å². The second-order valence-electron chi connectivity index (χ2n) is 8.22. The number of nitrogens with zero attached hydrogens (tertiary/aromatic N) is 2. The Morgan fingerprint density at radius 3 is 2.62 bits per heavy atom. The van der Waals surface area contributed by atoms with E-state index < -0.39 is 0 Å². The number of ether oxygens (including phenoxy) is 1. The zero-order chi connectivity index (χ0) is 22.5. The second-order valence-corrected chi connectivity index (χ2v) is 11.6. The van der Waals surface area contributed by atoms with Crippen molar-refractivity contribution in [1.82, 2.24) is 5.32 Å². The lowest BCUT2D eigenvalue weighted by Gasteiger charge is -2.23. The minimum atomic E-state index is 0.0274. The summed E-state index contributed by atoms with van der Waals surface area (Å²) in [6, 6.07) is 6.29. The van der Waals surface area contributed by atoms with Crippen LogP contribution in [0, 0.1) is 18.5 Å². The maximum atomic E-state index is 13.3. The molecule has 1 aromatic heterocycles. The summed E-state index contributed by atoms with van der Waals surface area (Å²) in [5.74, 6) is 0.775. The van der Waals surface area contributed by atoms with Crippen LogP contribution in [-0.2, 0) is 12.8 Å². The first kappa shape index (κ1) is 24.0. The fourth-order valence-corrected chi connectivity index (χ4v) is 7.77. The van der Waals surface area contributed by atoms with Crippen LogP contribution < -0.4 is 10.1 Å². The van der Waals surface area contributed by atoms with Gasteiger partial charge in [-0.15, -0.1) is 11.3 Å². The van der Waals surface area contributed by atoms with E-state index in [1.807, 2.05) is 24.4 Å². The van der Waals surface area contributed by atoms with Crippen molar-refractivity contribution < 1.29 is 9.53 Å². The molecular formula is C24H25I2N3O2S. The van der Waals surface area contributed by atoms with Gasteiger partial charge in [-0.2, -0.15) is 5.26 Å². The number of halogens is 2. The molecule has 1 saturated carbocycles. The van der Waals surface area contributed by atoms with Crippen LogP contribution >= 0.6 is 56.5 Å². The molecule has 1 amide bonds. The molecule has 0 spiro atoms. The van der Waals surface area contributed by atoms with Crippen LogP contribution in [0.4, 0.5) is 5.00 Å². The molecule has 32 heavy (non-hydrogen) atoms. The number of benzene rings is 1. The molecule has 5 nitrogen and oxygen atoms in total. The van der Waals surface area contributed by atoms with Crippen LogP contribution in [0.25, 0.3) is 0 Å². The number of hydrogen-bond donors (Lipinski definition) is 1. The van der Waals surface area contributed by atoms with Gasteiger partial charge < -0.3 is 10.1 Å². The lowest BCUT2D eigenvalue weighted by Crippen LogP contribution is -2.36. The number of aryl methyl sites for hydroxylation is 1. The summed E-state index contributed by atoms with van der Waals surface area (Å²) in [5, 5.41) is 12.9. The van der Waals surface area contributed by atoms with Gasteiger partial charge in [0, 0.05) is 17.1 Å². The molecule has 168 valence electrons. The fourth-order valence-electron chi connectivity index (χ4n) is 4.41. The lowest BCUT2D eigenvalue weighted by atomic mass is 9.93. The molecule has 1 heterocycles. The number of carbonyl (C=O) groups excluding carboxylic acids is 1. The molecule has 0 bridgehead atoms. The number of hydrogen-bond acceptors (Lipinski definition) is 5. The van der Waals surface area contributed by atoms with Gasteiger partial charge in [0.1, 0.15) is 16.8 Å². The van der Waals surface area contributed by atoms with Crippen molar-refractivity contribution in [2.75, 3.05) is 6.61 Å². The second kappa shape index (κ2) is 11.3. The first-order valence-electron chi connectivity index (χ1n) is 11.0. The van der Waals surface area contributed by atoms with Crippen molar-refractivity contribution in [3.63, 3.8) is 0 Å². The average Bonchev–Trinajstić information content (AvgIpc) is 3.16. The van der Waals surface area contributed by atoms with Crippen LogP contribution in [0.15, 0.2) is 17.1 Å². The van der Waals surface area contributed by atoms with Gasteiger partial charge in [0.15, 0.2) is 6.61 Å². The number of aliphatic imine (C=N–C) groups is 1. The van der Waals surface area contributed by atoms with Crippen molar-refractivity contribution >= 4 is 73.6 Å². The molecule has 2 aliphatic rings. The smallest absolute Gasteiger partial charge is 0.254 e. The van der Waals surface area contributed by atoms with E-state index in [1.54, 1.807) is 11.3 Å². The topological polar surface area (TPSA) is 74.5 Å². The third-order valence-corrected chi connectivity index (χ3v) is 8.76. The first-order valence-corrected chi connectivity index (χ1v) is 14.0. The van der Waals surface area contributed by atoms with Crippen LogP contribution in [0.3, 0.4) is 0 Å². The number of rotatable bonds is 6. The Labute approximate surface area is 220 Å². The van der Waals surface area contributed by atoms with Gasteiger partial charge in [0.25, 0.3) is 5.91 Å². The zero-order valence-corrected chi connectivity index (χ0v) is 22.9. The monoisotopic (exact) mass is 673 g/mol. The van der Waals surface area contributed by atoms with Gasteiger partial charge in [0.05, 0.1) is 12.7 Å². The Balaban J connectivity index is 1.60. The normalized spacial score (nSPS) is 16.5. The van der Waals surface area contributed by atoms with Gasteiger partial charge in [-0.25, -0.2) is 4.99 Å². The number of nitriles is 1. The highest BCUT2D eigenvalue weighted by molar-refractivity contribution is 14.1. The maximum absolute atomic E-state index is 13.3. The molecule has 0 atom stereocenters. The third-order valence-electron chi connectivity index (χ3n) is 5.95. The fraction of sp³-hybridized carbons (Fsp3) is 0.458. The Morgan fingerprint density at radius 2 is 1.91 bits per heavy atom. The van der Waals surface area contributed by atoms with E-state index >= 15 is 0 Å². The summed E-state index contributed by atoms with van der Waals surface area (Å²) in [7, 11) is 0. The highest BCUT2D eigenvalue weighted by Crippen LogP contribution is 2.40. The highest BCUT2D eigenvalue weighted by atomic mass is 127. The SMILES string of the molecule is N#CCOc1c(I)cc(C=Nc2sc3c(c2C(=O)NC2CCCCC2)CCCC3)cc1I. The summed E-state index contributed by atoms with van der Waals surface area (Å²) < 4.78 is 7.41. The van der Waals surface area contributed by atoms with Crippen LogP contribution in [0.5, 0.6) is 5.75 Å². The average molecular weight is 673 g/mol. The number of fused-ring (bicyclic) bond motifs is 1. The molecule has 1 aromatic carbocycles. The molecule has 0 radical (unpaired) electrons. The van der Waals surface area contributed by atoms with Crippen molar-refractivity contribution in [3.05, 3.63) is 40.8 Å².